The molecule has 0 aliphatic carbocycles. The van der Waals surface area contributed by atoms with E-state index in [2.05, 4.69) is 0 Å². The van der Waals surface area contributed by atoms with E-state index in [4.69, 9.17) is 18.0 Å². The molecular weight excluding hydrogens is 274 g/mol. The van der Waals surface area contributed by atoms with Crippen molar-refractivity contribution in [1.29, 1.82) is 0 Å². The number of benzene rings is 1. The Hall–Kier alpha value is -1.50. The summed E-state index contributed by atoms with van der Waals surface area (Å²) in [5, 5.41) is 10.2. The number of carbonyl (C=O) groups is 1. The topological polar surface area (TPSA) is 69.8 Å². The SMILES string of the molecule is CN1CCN(CC(O)c2ccc(C(N)=S)cc2)CC1=O. The van der Waals surface area contributed by atoms with Gasteiger partial charge in [-0.15, -0.1) is 0 Å². The molecule has 1 heterocycles. The van der Waals surface area contributed by atoms with Crippen LogP contribution >= 0.6 is 12.2 Å². The zero-order valence-corrected chi connectivity index (χ0v) is 12.3. The van der Waals surface area contributed by atoms with Gasteiger partial charge in [-0.25, -0.2) is 0 Å². The third kappa shape index (κ3) is 3.53. The number of nitrogens with two attached hydrogens (primary N) is 1. The maximum atomic E-state index is 11.6. The number of thiocarbonyl (C=S) groups is 1. The average Bonchev–Trinajstić information content (AvgIpc) is 2.43. The van der Waals surface area contributed by atoms with E-state index in [9.17, 15) is 9.90 Å². The molecule has 1 fully saturated rings. The van der Waals surface area contributed by atoms with Crippen molar-refractivity contribution in [3.05, 3.63) is 35.4 Å². The van der Waals surface area contributed by atoms with E-state index in [1.807, 2.05) is 17.0 Å². The molecule has 1 aromatic rings. The van der Waals surface area contributed by atoms with Crippen LogP contribution < -0.4 is 5.73 Å². The zero-order valence-electron chi connectivity index (χ0n) is 11.5. The lowest BCUT2D eigenvalue weighted by Crippen LogP contribution is -2.49. The fraction of sp³-hybridized carbons (Fsp3) is 0.429. The Morgan fingerprint density at radius 3 is 2.60 bits per heavy atom. The molecule has 0 bridgehead atoms. The number of aliphatic hydroxyl groups excluding tert-OH is 1. The molecule has 20 heavy (non-hydrogen) atoms. The molecule has 3 N–H and O–H groups in total. The molecule has 1 atom stereocenters. The first-order valence-corrected chi connectivity index (χ1v) is 6.92. The summed E-state index contributed by atoms with van der Waals surface area (Å²) in [7, 11) is 1.80. The minimum absolute atomic E-state index is 0.0901. The van der Waals surface area contributed by atoms with Gasteiger partial charge in [0.1, 0.15) is 4.99 Å². The summed E-state index contributed by atoms with van der Waals surface area (Å²) in [4.78, 5) is 15.6. The molecule has 1 amide bonds. The van der Waals surface area contributed by atoms with Crippen LogP contribution in [0.4, 0.5) is 0 Å². The molecular formula is C14H19N3O2S. The predicted molar refractivity (Wildman–Crippen MR) is 81.4 cm³/mol. The van der Waals surface area contributed by atoms with Crippen LogP contribution in [0.1, 0.15) is 17.2 Å². The molecule has 1 aliphatic rings. The second-order valence-corrected chi connectivity index (χ2v) is 5.49. The summed E-state index contributed by atoms with van der Waals surface area (Å²) in [6.45, 7) is 2.29. The number of β-amino-alcohol motifs (C(OH)–C–C–N with tert-alkyl or cyclic N) is 1. The number of hydrogen-bond donors (Lipinski definition) is 2. The molecule has 1 unspecified atom stereocenters. The largest absolute Gasteiger partial charge is 0.389 e. The second-order valence-electron chi connectivity index (χ2n) is 5.05. The van der Waals surface area contributed by atoms with Crippen molar-refractivity contribution in [3.8, 4) is 0 Å². The number of aliphatic hydroxyl groups is 1. The molecule has 5 nitrogen and oxygen atoms in total. The molecule has 0 aromatic heterocycles. The third-order valence-corrected chi connectivity index (χ3v) is 3.78. The van der Waals surface area contributed by atoms with Crippen molar-refractivity contribution in [1.82, 2.24) is 9.80 Å². The van der Waals surface area contributed by atoms with Crippen LogP contribution in [0.3, 0.4) is 0 Å². The summed E-state index contributed by atoms with van der Waals surface area (Å²) in [6.07, 6.45) is -0.619. The van der Waals surface area contributed by atoms with Gasteiger partial charge in [0.2, 0.25) is 5.91 Å². The fourth-order valence-electron chi connectivity index (χ4n) is 2.18. The van der Waals surface area contributed by atoms with E-state index in [0.29, 0.717) is 24.6 Å². The number of rotatable bonds is 4. The summed E-state index contributed by atoms with van der Waals surface area (Å²) in [6, 6.07) is 7.24. The number of carbonyl (C=O) groups excluding carboxylic acids is 1. The smallest absolute Gasteiger partial charge is 0.236 e. The van der Waals surface area contributed by atoms with Crippen LogP contribution in [0.25, 0.3) is 0 Å². The van der Waals surface area contributed by atoms with E-state index in [1.54, 1.807) is 24.1 Å². The molecule has 6 heteroatoms. The molecule has 0 saturated carbocycles. The lowest BCUT2D eigenvalue weighted by atomic mass is 10.1. The number of likely N-dealkylation sites (N-methyl/N-ethyl adjacent to an activating group) is 1. The van der Waals surface area contributed by atoms with Gasteiger partial charge in [-0.3, -0.25) is 9.69 Å². The van der Waals surface area contributed by atoms with Gasteiger partial charge in [0.25, 0.3) is 0 Å². The van der Waals surface area contributed by atoms with Crippen molar-refractivity contribution in [2.45, 2.75) is 6.10 Å². The van der Waals surface area contributed by atoms with Crippen molar-refractivity contribution >= 4 is 23.1 Å². The van der Waals surface area contributed by atoms with Gasteiger partial charge in [-0.05, 0) is 5.56 Å². The lowest BCUT2D eigenvalue weighted by molar-refractivity contribution is -0.134. The Morgan fingerprint density at radius 2 is 2.05 bits per heavy atom. The highest BCUT2D eigenvalue weighted by Gasteiger charge is 2.23. The van der Waals surface area contributed by atoms with Gasteiger partial charge in [-0.1, -0.05) is 36.5 Å². The van der Waals surface area contributed by atoms with Gasteiger partial charge < -0.3 is 15.7 Å². The number of amides is 1. The number of piperazine rings is 1. The van der Waals surface area contributed by atoms with Crippen molar-refractivity contribution in [2.75, 3.05) is 33.2 Å². The van der Waals surface area contributed by atoms with Crippen LogP contribution in [0, 0.1) is 0 Å². The molecule has 0 radical (unpaired) electrons. The Morgan fingerprint density at radius 1 is 1.40 bits per heavy atom. The summed E-state index contributed by atoms with van der Waals surface area (Å²) in [5.41, 5.74) is 7.12. The fourth-order valence-corrected chi connectivity index (χ4v) is 2.32. The van der Waals surface area contributed by atoms with E-state index >= 15 is 0 Å². The monoisotopic (exact) mass is 293 g/mol. The number of hydrogen-bond acceptors (Lipinski definition) is 4. The molecule has 1 saturated heterocycles. The zero-order chi connectivity index (χ0) is 14.7. The predicted octanol–water partition coefficient (Wildman–Crippen LogP) is 0.128. The first kappa shape index (κ1) is 14.9. The Balaban J connectivity index is 1.96. The molecule has 2 rings (SSSR count). The molecule has 108 valence electrons. The average molecular weight is 293 g/mol. The van der Waals surface area contributed by atoms with E-state index < -0.39 is 6.10 Å². The third-order valence-electron chi connectivity index (χ3n) is 3.55. The van der Waals surface area contributed by atoms with Gasteiger partial charge >= 0.3 is 0 Å². The van der Waals surface area contributed by atoms with Crippen LogP contribution in [0.5, 0.6) is 0 Å². The maximum Gasteiger partial charge on any atom is 0.236 e. The van der Waals surface area contributed by atoms with Crippen LogP contribution in [0.15, 0.2) is 24.3 Å². The Bertz CT molecular complexity index is 504. The minimum Gasteiger partial charge on any atom is -0.389 e. The highest BCUT2D eigenvalue weighted by Crippen LogP contribution is 2.16. The van der Waals surface area contributed by atoms with Crippen LogP contribution in [0.2, 0.25) is 0 Å². The summed E-state index contributed by atoms with van der Waals surface area (Å²) >= 11 is 4.89. The highest BCUT2D eigenvalue weighted by atomic mass is 32.1. The Labute approximate surface area is 124 Å². The Kier molecular flexibility index (Phi) is 4.69. The van der Waals surface area contributed by atoms with Gasteiger partial charge in [0.15, 0.2) is 0 Å². The summed E-state index contributed by atoms with van der Waals surface area (Å²) < 4.78 is 0. The second kappa shape index (κ2) is 6.30. The molecule has 1 aromatic carbocycles. The van der Waals surface area contributed by atoms with Crippen LogP contribution in [-0.2, 0) is 4.79 Å². The van der Waals surface area contributed by atoms with E-state index in [0.717, 1.165) is 17.7 Å². The standard InChI is InChI=1S/C14H19N3O2S/c1-16-6-7-17(9-13(16)19)8-12(18)10-2-4-11(5-3-10)14(15)20/h2-5,12,18H,6-9H2,1H3,(H2,15,20). The lowest BCUT2D eigenvalue weighted by Gasteiger charge is -2.33. The quantitative estimate of drug-likeness (QED) is 0.772. The van der Waals surface area contributed by atoms with E-state index in [-0.39, 0.29) is 5.91 Å². The van der Waals surface area contributed by atoms with Gasteiger partial charge in [0, 0.05) is 32.2 Å². The van der Waals surface area contributed by atoms with Gasteiger partial charge in [0.05, 0.1) is 12.6 Å². The van der Waals surface area contributed by atoms with E-state index in [1.165, 1.54) is 0 Å². The minimum atomic E-state index is -0.619. The summed E-state index contributed by atoms with van der Waals surface area (Å²) in [5.74, 6) is 0.0901. The van der Waals surface area contributed by atoms with Crippen molar-refractivity contribution in [3.63, 3.8) is 0 Å². The maximum absolute atomic E-state index is 11.6. The van der Waals surface area contributed by atoms with Crippen LogP contribution in [-0.4, -0.2) is 59.0 Å². The van der Waals surface area contributed by atoms with Crippen molar-refractivity contribution in [2.24, 2.45) is 5.73 Å². The van der Waals surface area contributed by atoms with Gasteiger partial charge in [-0.2, -0.15) is 0 Å². The first-order chi connectivity index (χ1) is 9.47. The number of nitrogens with zero attached hydrogens (tertiary/aromatic N) is 2. The first-order valence-electron chi connectivity index (χ1n) is 6.51. The normalized spacial score (nSPS) is 18.1. The highest BCUT2D eigenvalue weighted by molar-refractivity contribution is 7.80. The van der Waals surface area contributed by atoms with Crippen molar-refractivity contribution < 1.29 is 9.90 Å². The molecule has 0 spiro atoms. The molecule has 1 aliphatic heterocycles.